The second kappa shape index (κ2) is 6.67. The Hall–Kier alpha value is -0.710. The molecule has 0 aromatic heterocycles. The van der Waals surface area contributed by atoms with Gasteiger partial charge in [-0.05, 0) is 80.1 Å². The Balaban J connectivity index is 1.34. The summed E-state index contributed by atoms with van der Waals surface area (Å²) in [5, 5.41) is 10.3. The van der Waals surface area contributed by atoms with Crippen molar-refractivity contribution in [3.63, 3.8) is 0 Å². The van der Waals surface area contributed by atoms with E-state index in [-0.39, 0.29) is 34.9 Å². The molecule has 0 radical (unpaired) electrons. The van der Waals surface area contributed by atoms with Crippen molar-refractivity contribution < 1.29 is 19.4 Å². The molecule has 0 unspecified atom stereocenters. The Morgan fingerprint density at radius 1 is 1.06 bits per heavy atom. The molecule has 0 bridgehead atoms. The van der Waals surface area contributed by atoms with Crippen LogP contribution in [0.4, 0.5) is 0 Å². The smallest absolute Gasteiger partial charge is 0.171 e. The average Bonchev–Trinajstić information content (AvgIpc) is 3.18. The van der Waals surface area contributed by atoms with E-state index >= 15 is 0 Å². The molecule has 0 amide bonds. The van der Waals surface area contributed by atoms with Gasteiger partial charge in [-0.15, -0.1) is 0 Å². The summed E-state index contributed by atoms with van der Waals surface area (Å²) in [6.45, 7) is 9.97. The van der Waals surface area contributed by atoms with Crippen LogP contribution in [0.5, 0.6) is 0 Å². The zero-order chi connectivity index (χ0) is 21.8. The van der Waals surface area contributed by atoms with Gasteiger partial charge in [0.05, 0.1) is 18.8 Å². The molecule has 11 atom stereocenters. The Morgan fingerprint density at radius 3 is 2.61 bits per heavy atom. The van der Waals surface area contributed by atoms with Crippen molar-refractivity contribution in [1.29, 1.82) is 0 Å². The fraction of sp³-hybridized carbons (Fsp3) is 0.889. The molecule has 0 aromatic rings. The number of aliphatic hydroxyl groups is 1. The minimum absolute atomic E-state index is 0.0904. The van der Waals surface area contributed by atoms with Crippen molar-refractivity contribution in [2.24, 2.45) is 46.3 Å². The van der Waals surface area contributed by atoms with Crippen LogP contribution in [-0.2, 0) is 14.3 Å². The zero-order valence-corrected chi connectivity index (χ0v) is 19.7. The van der Waals surface area contributed by atoms with Crippen LogP contribution in [0.3, 0.4) is 0 Å². The molecule has 2 saturated heterocycles. The molecular weight excluding hydrogens is 388 g/mol. The van der Waals surface area contributed by atoms with Gasteiger partial charge in [0.15, 0.2) is 11.6 Å². The highest BCUT2D eigenvalue weighted by Gasteiger charge is 2.70. The summed E-state index contributed by atoms with van der Waals surface area (Å²) in [6.07, 6.45) is 10.3. The number of allylic oxidation sites excluding steroid dienone is 2. The van der Waals surface area contributed by atoms with Gasteiger partial charge < -0.3 is 14.6 Å². The van der Waals surface area contributed by atoms with E-state index in [1.165, 1.54) is 18.4 Å². The van der Waals surface area contributed by atoms with E-state index in [1.54, 1.807) is 0 Å². The quantitative estimate of drug-likeness (QED) is 0.597. The zero-order valence-electron chi connectivity index (χ0n) is 19.7. The van der Waals surface area contributed by atoms with Crippen LogP contribution in [0.1, 0.15) is 79.1 Å². The van der Waals surface area contributed by atoms with Gasteiger partial charge in [-0.25, -0.2) is 0 Å². The van der Waals surface area contributed by atoms with Crippen molar-refractivity contribution in [3.8, 4) is 0 Å². The molecule has 4 aliphatic carbocycles. The van der Waals surface area contributed by atoms with Crippen molar-refractivity contribution in [2.75, 3.05) is 6.61 Å². The van der Waals surface area contributed by atoms with Crippen LogP contribution in [0.15, 0.2) is 11.6 Å². The van der Waals surface area contributed by atoms with Crippen LogP contribution in [0, 0.1) is 46.3 Å². The number of hydrogen-bond acceptors (Lipinski definition) is 4. The van der Waals surface area contributed by atoms with Gasteiger partial charge in [0, 0.05) is 23.7 Å². The molecule has 6 rings (SSSR count). The summed E-state index contributed by atoms with van der Waals surface area (Å²) >= 11 is 0. The lowest BCUT2D eigenvalue weighted by Gasteiger charge is -2.56. The second-order valence-corrected chi connectivity index (χ2v) is 12.6. The molecule has 2 heterocycles. The maximum Gasteiger partial charge on any atom is 0.171 e. The fourth-order valence-corrected chi connectivity index (χ4v) is 9.28. The van der Waals surface area contributed by atoms with Crippen LogP contribution in [0.2, 0.25) is 0 Å². The second-order valence-electron chi connectivity index (χ2n) is 12.6. The highest BCUT2D eigenvalue weighted by Crippen LogP contribution is 2.69. The lowest BCUT2D eigenvalue weighted by molar-refractivity contribution is -0.271. The Kier molecular flexibility index (Phi) is 4.49. The number of carbonyl (C=O) groups excluding carboxylic acids is 1. The molecule has 0 aromatic carbocycles. The van der Waals surface area contributed by atoms with Crippen LogP contribution < -0.4 is 0 Å². The molecule has 31 heavy (non-hydrogen) atoms. The monoisotopic (exact) mass is 428 g/mol. The minimum Gasteiger partial charge on any atom is -0.393 e. The van der Waals surface area contributed by atoms with E-state index in [9.17, 15) is 9.90 Å². The number of ether oxygens (including phenoxy) is 2. The molecule has 1 N–H and O–H groups in total. The fourth-order valence-electron chi connectivity index (χ4n) is 9.28. The van der Waals surface area contributed by atoms with Gasteiger partial charge in [-0.3, -0.25) is 4.79 Å². The summed E-state index contributed by atoms with van der Waals surface area (Å²) in [4.78, 5) is 13.9. The van der Waals surface area contributed by atoms with E-state index in [0.29, 0.717) is 29.5 Å². The summed E-state index contributed by atoms with van der Waals surface area (Å²) < 4.78 is 13.2. The summed E-state index contributed by atoms with van der Waals surface area (Å²) in [5.41, 5.74) is 1.19. The van der Waals surface area contributed by atoms with Crippen LogP contribution >= 0.6 is 0 Å². The lowest BCUT2D eigenvalue weighted by Crippen LogP contribution is -2.53. The van der Waals surface area contributed by atoms with E-state index in [4.69, 9.17) is 9.47 Å². The first-order valence-electron chi connectivity index (χ1n) is 13.0. The maximum absolute atomic E-state index is 13.9. The van der Waals surface area contributed by atoms with Crippen LogP contribution in [-0.4, -0.2) is 35.5 Å². The van der Waals surface area contributed by atoms with E-state index in [0.717, 1.165) is 45.1 Å². The molecule has 1 spiro atoms. The number of aliphatic hydroxyl groups excluding tert-OH is 1. The molecular formula is C27H40O4. The first kappa shape index (κ1) is 20.9. The number of fused-ring (bicyclic) bond motifs is 7. The Labute approximate surface area is 187 Å². The predicted molar refractivity (Wildman–Crippen MR) is 118 cm³/mol. The van der Waals surface area contributed by atoms with Gasteiger partial charge in [0.25, 0.3) is 0 Å². The summed E-state index contributed by atoms with van der Waals surface area (Å²) in [5.74, 6) is 2.41. The highest BCUT2D eigenvalue weighted by molar-refractivity contribution is 5.97. The SMILES string of the molecule is C[C@H]1CC[C@@]2(OC1)O[C@H]1C[C@@H]3[C@@H]4CC[C@H]5C[C@@H](O)CC[C@]5(C)C4=CC(=O)[C@]3(C)[C@H]1[C@@H]2C. The number of rotatable bonds is 0. The predicted octanol–water partition coefficient (Wildman–Crippen LogP) is 4.89. The van der Waals surface area contributed by atoms with Crippen molar-refractivity contribution in [3.05, 3.63) is 11.6 Å². The lowest BCUT2D eigenvalue weighted by atomic mass is 9.48. The summed E-state index contributed by atoms with van der Waals surface area (Å²) in [6, 6.07) is 0. The minimum atomic E-state index is -0.469. The molecule has 2 aliphatic heterocycles. The average molecular weight is 429 g/mol. The van der Waals surface area contributed by atoms with Crippen LogP contribution in [0.25, 0.3) is 0 Å². The molecule has 6 aliphatic rings. The number of hydrogen-bond donors (Lipinski definition) is 1. The van der Waals surface area contributed by atoms with Gasteiger partial charge in [-0.1, -0.05) is 33.3 Å². The van der Waals surface area contributed by atoms with Crippen molar-refractivity contribution in [2.45, 2.75) is 97.1 Å². The first-order valence-corrected chi connectivity index (χ1v) is 13.0. The maximum atomic E-state index is 13.9. The Morgan fingerprint density at radius 2 is 1.87 bits per heavy atom. The van der Waals surface area contributed by atoms with Gasteiger partial charge in [0.1, 0.15) is 0 Å². The molecule has 5 fully saturated rings. The third-order valence-corrected chi connectivity index (χ3v) is 11.2. The number of carbonyl (C=O) groups is 1. The van der Waals surface area contributed by atoms with E-state index < -0.39 is 5.79 Å². The summed E-state index contributed by atoms with van der Waals surface area (Å²) in [7, 11) is 0. The largest absolute Gasteiger partial charge is 0.393 e. The topological polar surface area (TPSA) is 55.8 Å². The van der Waals surface area contributed by atoms with Crippen molar-refractivity contribution >= 4 is 5.78 Å². The molecule has 4 nitrogen and oxygen atoms in total. The van der Waals surface area contributed by atoms with Gasteiger partial charge in [-0.2, -0.15) is 0 Å². The standard InChI is InChI=1S/C27H40O4/c1-15-7-10-27(30-14-15)16(2)24-22(31-27)12-21-19-6-5-17-11-18(28)8-9-25(17,3)20(19)13-23(29)26(21,24)4/h13,15-19,21-22,24,28H,5-12,14H2,1-4H3/t15-,16-,17-,18-,19+,21+,22-,24-,25-,26+,27+/m0/s1. The van der Waals surface area contributed by atoms with Gasteiger partial charge >= 0.3 is 0 Å². The van der Waals surface area contributed by atoms with E-state index in [2.05, 4.69) is 33.8 Å². The first-order chi connectivity index (χ1) is 14.7. The molecule has 172 valence electrons. The molecule has 4 heteroatoms. The third-order valence-electron chi connectivity index (χ3n) is 11.2. The van der Waals surface area contributed by atoms with Gasteiger partial charge in [0.2, 0.25) is 0 Å². The van der Waals surface area contributed by atoms with E-state index in [1.807, 2.05) is 0 Å². The highest BCUT2D eigenvalue weighted by atomic mass is 16.7. The normalized spacial score (nSPS) is 58.4. The molecule has 3 saturated carbocycles. The number of ketones is 1. The third kappa shape index (κ3) is 2.62. The Bertz CT molecular complexity index is 810. The van der Waals surface area contributed by atoms with Crippen molar-refractivity contribution in [1.82, 2.24) is 0 Å².